The molecule has 0 saturated carbocycles. The van der Waals surface area contributed by atoms with Crippen LogP contribution in [-0.4, -0.2) is 45.1 Å². The molecule has 0 N–H and O–H groups in total. The molecule has 1 aliphatic rings. The van der Waals surface area contributed by atoms with Crippen molar-refractivity contribution in [3.63, 3.8) is 0 Å². The largest absolute Gasteiger partial charge is 0.346 e. The third-order valence-electron chi connectivity index (χ3n) is 5.93. The Labute approximate surface area is 191 Å². The summed E-state index contributed by atoms with van der Waals surface area (Å²) < 4.78 is 30.5. The smallest absolute Gasteiger partial charge is 0.279 e. The number of hydrogen-bond acceptors (Lipinski definition) is 6. The van der Waals surface area contributed by atoms with Gasteiger partial charge in [-0.3, -0.25) is 14.7 Å². The molecule has 3 aromatic rings. The molecule has 0 atom stereocenters. The Kier molecular flexibility index (Phi) is 6.43. The average molecular weight is 472 g/mol. The molecule has 33 heavy (non-hydrogen) atoms. The number of sulfonamides is 1. The van der Waals surface area contributed by atoms with Gasteiger partial charge in [0.05, 0.1) is 16.4 Å². The lowest BCUT2D eigenvalue weighted by Crippen LogP contribution is -2.38. The summed E-state index contributed by atoms with van der Waals surface area (Å²) in [6, 6.07) is 14.7. The number of nitro benzene ring substituents is 1. The van der Waals surface area contributed by atoms with Gasteiger partial charge in [0.25, 0.3) is 5.69 Å². The normalized spacial score (nSPS) is 15.5. The summed E-state index contributed by atoms with van der Waals surface area (Å²) in [6.45, 7) is 3.24. The molecule has 0 unspecified atom stereocenters. The monoisotopic (exact) mass is 471 g/mol. The van der Waals surface area contributed by atoms with E-state index in [1.54, 1.807) is 4.57 Å². The first-order chi connectivity index (χ1) is 15.8. The average Bonchev–Trinajstić information content (AvgIpc) is 3.14. The van der Waals surface area contributed by atoms with Gasteiger partial charge in [0.1, 0.15) is 5.82 Å². The maximum atomic E-state index is 13.0. The van der Waals surface area contributed by atoms with Crippen LogP contribution in [0, 0.1) is 10.1 Å². The van der Waals surface area contributed by atoms with Crippen molar-refractivity contribution >= 4 is 15.7 Å². The Morgan fingerprint density at radius 3 is 2.42 bits per heavy atom. The molecule has 4 rings (SSSR count). The molecule has 2 aromatic carbocycles. The van der Waals surface area contributed by atoms with E-state index in [9.17, 15) is 23.3 Å². The summed E-state index contributed by atoms with van der Waals surface area (Å²) in [6.07, 6.45) is 1.02. The summed E-state index contributed by atoms with van der Waals surface area (Å²) in [5.41, 5.74) is 0.537. The molecule has 0 bridgehead atoms. The van der Waals surface area contributed by atoms with Crippen LogP contribution in [0.5, 0.6) is 0 Å². The second-order valence-corrected chi connectivity index (χ2v) is 9.90. The molecule has 0 radical (unpaired) electrons. The quantitative estimate of drug-likeness (QED) is 0.386. The van der Waals surface area contributed by atoms with Crippen LogP contribution in [0.2, 0.25) is 0 Å². The van der Waals surface area contributed by atoms with Crippen LogP contribution in [0.25, 0.3) is 0 Å². The fourth-order valence-corrected chi connectivity index (χ4v) is 5.69. The summed E-state index contributed by atoms with van der Waals surface area (Å²) in [5.74, 6) is 0.622. The van der Waals surface area contributed by atoms with Gasteiger partial charge >= 0.3 is 5.69 Å². The van der Waals surface area contributed by atoms with Gasteiger partial charge < -0.3 is 0 Å². The van der Waals surface area contributed by atoms with E-state index in [-0.39, 0.29) is 35.3 Å². The highest BCUT2D eigenvalue weighted by Gasteiger charge is 2.33. The first-order valence-corrected chi connectivity index (χ1v) is 12.2. The molecule has 11 heteroatoms. The lowest BCUT2D eigenvalue weighted by atomic mass is 9.97. The SMILES string of the molecule is CCn1c(C2CCN(S(=O)(=O)c3cccc([N+](=O)[O-])c3)CC2)nn(Cc2ccccc2)c1=O. The lowest BCUT2D eigenvalue weighted by molar-refractivity contribution is -0.385. The number of piperidine rings is 1. The fraction of sp³-hybridized carbons (Fsp3) is 0.364. The van der Waals surface area contributed by atoms with Crippen molar-refractivity contribution in [1.82, 2.24) is 18.7 Å². The van der Waals surface area contributed by atoms with Crippen LogP contribution in [0.15, 0.2) is 64.3 Å². The van der Waals surface area contributed by atoms with Gasteiger partial charge in [-0.2, -0.15) is 9.40 Å². The van der Waals surface area contributed by atoms with Gasteiger partial charge in [-0.15, -0.1) is 0 Å². The van der Waals surface area contributed by atoms with E-state index in [1.807, 2.05) is 37.3 Å². The highest BCUT2D eigenvalue weighted by atomic mass is 32.2. The van der Waals surface area contributed by atoms with Crippen molar-refractivity contribution in [2.75, 3.05) is 13.1 Å². The summed E-state index contributed by atoms with van der Waals surface area (Å²) in [7, 11) is -3.85. The molecule has 1 aliphatic heterocycles. The molecule has 10 nitrogen and oxygen atoms in total. The molecule has 1 saturated heterocycles. The first-order valence-electron chi connectivity index (χ1n) is 10.8. The second-order valence-electron chi connectivity index (χ2n) is 7.96. The lowest BCUT2D eigenvalue weighted by Gasteiger charge is -2.30. The van der Waals surface area contributed by atoms with Crippen molar-refractivity contribution in [2.24, 2.45) is 0 Å². The minimum atomic E-state index is -3.85. The zero-order valence-electron chi connectivity index (χ0n) is 18.2. The number of benzene rings is 2. The Hall–Kier alpha value is -3.31. The number of non-ortho nitro benzene ring substituents is 1. The third kappa shape index (κ3) is 4.60. The van der Waals surface area contributed by atoms with Crippen LogP contribution in [0.1, 0.15) is 37.1 Å². The van der Waals surface area contributed by atoms with E-state index >= 15 is 0 Å². The number of rotatable bonds is 7. The van der Waals surface area contributed by atoms with Gasteiger partial charge in [0.15, 0.2) is 0 Å². The van der Waals surface area contributed by atoms with Crippen LogP contribution in [-0.2, 0) is 23.1 Å². The Balaban J connectivity index is 1.52. The molecule has 0 amide bonds. The number of nitro groups is 1. The van der Waals surface area contributed by atoms with Crippen molar-refractivity contribution in [2.45, 2.75) is 43.7 Å². The third-order valence-corrected chi connectivity index (χ3v) is 7.82. The standard InChI is InChI=1S/C22H25N5O5S/c1-2-25-21(23-26(22(25)28)16-17-7-4-3-5-8-17)18-11-13-24(14-12-18)33(31,32)20-10-6-9-19(15-20)27(29)30/h3-10,15,18H,2,11-14,16H2,1H3. The van der Waals surface area contributed by atoms with Gasteiger partial charge in [-0.05, 0) is 31.4 Å². The molecular formula is C22H25N5O5S. The van der Waals surface area contributed by atoms with Gasteiger partial charge in [0.2, 0.25) is 10.0 Å². The Morgan fingerprint density at radius 1 is 1.09 bits per heavy atom. The topological polar surface area (TPSA) is 120 Å². The predicted molar refractivity (Wildman–Crippen MR) is 122 cm³/mol. The number of hydrogen-bond donors (Lipinski definition) is 0. The Bertz CT molecular complexity index is 1310. The van der Waals surface area contributed by atoms with E-state index in [2.05, 4.69) is 5.10 Å². The molecular weight excluding hydrogens is 446 g/mol. The number of aromatic nitrogens is 3. The molecule has 0 aliphatic carbocycles. The van der Waals surface area contributed by atoms with Crippen LogP contribution < -0.4 is 5.69 Å². The predicted octanol–water partition coefficient (Wildman–Crippen LogP) is 2.59. The number of nitrogens with zero attached hydrogens (tertiary/aromatic N) is 5. The Morgan fingerprint density at radius 2 is 1.79 bits per heavy atom. The van der Waals surface area contributed by atoms with E-state index in [0.29, 0.717) is 31.8 Å². The fourth-order valence-electron chi connectivity index (χ4n) is 4.18. The van der Waals surface area contributed by atoms with Gasteiger partial charge in [-0.25, -0.2) is 17.9 Å². The zero-order chi connectivity index (χ0) is 23.6. The maximum absolute atomic E-state index is 13.0. The van der Waals surface area contributed by atoms with Crippen molar-refractivity contribution in [3.05, 3.63) is 86.6 Å². The van der Waals surface area contributed by atoms with E-state index in [1.165, 1.54) is 27.2 Å². The minimum Gasteiger partial charge on any atom is -0.279 e. The first kappa shape index (κ1) is 22.9. The van der Waals surface area contributed by atoms with Gasteiger partial charge in [-0.1, -0.05) is 36.4 Å². The minimum absolute atomic E-state index is 0.0498. The molecule has 0 spiro atoms. The van der Waals surface area contributed by atoms with Crippen LogP contribution in [0.3, 0.4) is 0 Å². The van der Waals surface area contributed by atoms with Crippen molar-refractivity contribution in [3.8, 4) is 0 Å². The van der Waals surface area contributed by atoms with E-state index in [4.69, 9.17) is 0 Å². The summed E-state index contributed by atoms with van der Waals surface area (Å²) >= 11 is 0. The van der Waals surface area contributed by atoms with Crippen molar-refractivity contribution in [1.29, 1.82) is 0 Å². The maximum Gasteiger partial charge on any atom is 0.346 e. The molecule has 2 heterocycles. The highest BCUT2D eigenvalue weighted by Crippen LogP contribution is 2.30. The summed E-state index contributed by atoms with van der Waals surface area (Å²) in [5, 5.41) is 15.6. The highest BCUT2D eigenvalue weighted by molar-refractivity contribution is 7.89. The van der Waals surface area contributed by atoms with E-state index in [0.717, 1.165) is 11.6 Å². The van der Waals surface area contributed by atoms with Crippen LogP contribution in [0.4, 0.5) is 5.69 Å². The molecule has 174 valence electrons. The zero-order valence-corrected chi connectivity index (χ0v) is 19.0. The molecule has 1 aromatic heterocycles. The summed E-state index contributed by atoms with van der Waals surface area (Å²) in [4.78, 5) is 23.2. The van der Waals surface area contributed by atoms with Crippen molar-refractivity contribution < 1.29 is 13.3 Å². The van der Waals surface area contributed by atoms with Gasteiger partial charge in [0, 0.05) is 37.7 Å². The second kappa shape index (κ2) is 9.28. The van der Waals surface area contributed by atoms with Crippen LogP contribution >= 0.6 is 0 Å². The molecule has 1 fully saturated rings. The van der Waals surface area contributed by atoms with E-state index < -0.39 is 14.9 Å².